The van der Waals surface area contributed by atoms with Crippen molar-refractivity contribution in [2.75, 3.05) is 51.4 Å². The van der Waals surface area contributed by atoms with Crippen molar-refractivity contribution in [3.63, 3.8) is 0 Å². The van der Waals surface area contributed by atoms with Crippen LogP contribution in [0.25, 0.3) is 0 Å². The Morgan fingerprint density at radius 3 is 2.81 bits per heavy atom. The standard InChI is InChI=1S/C21H32N4O6S/c1-3-16-18(25-10-11-31-14-20(25)26)7-4-8-19(16)32(28,29)23-17(12-22)21(27)24-9-5-6-15(13-24)30-2/h4,7-8,15,17,23H,3,5-6,9-14,22H2,1-2H3/t15-,17-/m0/s1. The smallest absolute Gasteiger partial charge is 0.253 e. The van der Waals surface area contributed by atoms with Crippen molar-refractivity contribution in [3.05, 3.63) is 23.8 Å². The Kier molecular flexibility index (Phi) is 8.23. The van der Waals surface area contributed by atoms with Crippen LogP contribution < -0.4 is 15.4 Å². The number of nitrogens with one attached hydrogen (secondary N) is 1. The number of carbonyl (C=O) groups excluding carboxylic acids is 2. The molecule has 2 fully saturated rings. The van der Waals surface area contributed by atoms with Crippen LogP contribution in [-0.2, 0) is 35.5 Å². The first-order chi connectivity index (χ1) is 15.3. The number of benzene rings is 1. The molecule has 10 nitrogen and oxygen atoms in total. The van der Waals surface area contributed by atoms with Crippen molar-refractivity contribution in [2.45, 2.75) is 43.2 Å². The SMILES string of the molecule is CCc1c(N2CCOCC2=O)cccc1S(=O)(=O)N[C@@H](CN)C(=O)N1CCC[C@H](OC)C1. The van der Waals surface area contributed by atoms with E-state index in [2.05, 4.69) is 4.72 Å². The molecule has 0 saturated carbocycles. The number of methoxy groups -OCH3 is 1. The third-order valence-corrected chi connectivity index (χ3v) is 7.44. The summed E-state index contributed by atoms with van der Waals surface area (Å²) in [6.07, 6.45) is 1.95. The summed E-state index contributed by atoms with van der Waals surface area (Å²) in [6, 6.07) is 3.72. The molecule has 1 aromatic rings. The molecule has 2 aliphatic rings. The number of hydrogen-bond donors (Lipinski definition) is 2. The maximum Gasteiger partial charge on any atom is 0.253 e. The summed E-state index contributed by atoms with van der Waals surface area (Å²) < 4.78 is 39.7. The van der Waals surface area contributed by atoms with Gasteiger partial charge in [0.15, 0.2) is 0 Å². The molecule has 3 N–H and O–H groups in total. The summed E-state index contributed by atoms with van der Waals surface area (Å²) >= 11 is 0. The molecule has 2 saturated heterocycles. The second kappa shape index (κ2) is 10.7. The molecule has 3 rings (SSSR count). The third-order valence-electron chi connectivity index (χ3n) is 5.88. The predicted octanol–water partition coefficient (Wildman–Crippen LogP) is -0.145. The molecule has 0 bridgehead atoms. The highest BCUT2D eigenvalue weighted by Crippen LogP contribution is 2.29. The number of nitrogens with two attached hydrogens (primary N) is 1. The number of hydrogen-bond acceptors (Lipinski definition) is 7. The van der Waals surface area contributed by atoms with Gasteiger partial charge in [0.2, 0.25) is 15.9 Å². The van der Waals surface area contributed by atoms with Gasteiger partial charge in [-0.15, -0.1) is 0 Å². The fourth-order valence-electron chi connectivity index (χ4n) is 4.19. The van der Waals surface area contributed by atoms with Gasteiger partial charge in [0.05, 0.1) is 17.6 Å². The Labute approximate surface area is 189 Å². The van der Waals surface area contributed by atoms with Gasteiger partial charge in [0.1, 0.15) is 12.6 Å². The molecule has 2 atom stereocenters. The van der Waals surface area contributed by atoms with Crippen molar-refractivity contribution in [3.8, 4) is 0 Å². The van der Waals surface area contributed by atoms with E-state index in [9.17, 15) is 18.0 Å². The van der Waals surface area contributed by atoms with E-state index in [4.69, 9.17) is 15.2 Å². The summed E-state index contributed by atoms with van der Waals surface area (Å²) in [7, 11) is -2.48. The normalized spacial score (nSPS) is 21.0. The third kappa shape index (κ3) is 5.29. The second-order valence-electron chi connectivity index (χ2n) is 7.90. The maximum absolute atomic E-state index is 13.3. The van der Waals surface area contributed by atoms with E-state index in [0.29, 0.717) is 43.9 Å². The first-order valence-corrected chi connectivity index (χ1v) is 12.3. The number of nitrogens with zero attached hydrogens (tertiary/aromatic N) is 2. The van der Waals surface area contributed by atoms with Crippen LogP contribution in [0.5, 0.6) is 0 Å². The molecule has 2 amide bonds. The van der Waals surface area contributed by atoms with Crippen molar-refractivity contribution < 1.29 is 27.5 Å². The van der Waals surface area contributed by atoms with Gasteiger partial charge < -0.3 is 25.0 Å². The molecule has 0 spiro atoms. The topological polar surface area (TPSA) is 131 Å². The van der Waals surface area contributed by atoms with Crippen LogP contribution in [-0.4, -0.2) is 83.8 Å². The molecule has 0 aromatic heterocycles. The molecule has 2 aliphatic heterocycles. The van der Waals surface area contributed by atoms with E-state index < -0.39 is 16.1 Å². The van der Waals surface area contributed by atoms with Crippen LogP contribution in [0.4, 0.5) is 5.69 Å². The maximum atomic E-state index is 13.3. The van der Waals surface area contributed by atoms with Crippen LogP contribution in [0.15, 0.2) is 23.1 Å². The van der Waals surface area contributed by atoms with E-state index in [1.54, 1.807) is 29.0 Å². The number of rotatable bonds is 8. The van der Waals surface area contributed by atoms with Crippen LogP contribution in [0, 0.1) is 0 Å². The molecule has 0 aliphatic carbocycles. The van der Waals surface area contributed by atoms with Crippen LogP contribution >= 0.6 is 0 Å². The summed E-state index contributed by atoms with van der Waals surface area (Å²) in [5.74, 6) is -0.586. The number of anilines is 1. The zero-order chi connectivity index (χ0) is 23.3. The zero-order valence-corrected chi connectivity index (χ0v) is 19.4. The Hall–Kier alpha value is -2.05. The van der Waals surface area contributed by atoms with Gasteiger partial charge in [-0.2, -0.15) is 4.72 Å². The zero-order valence-electron chi connectivity index (χ0n) is 18.6. The predicted molar refractivity (Wildman–Crippen MR) is 119 cm³/mol. The quantitative estimate of drug-likeness (QED) is 0.543. The minimum Gasteiger partial charge on any atom is -0.380 e. The Bertz CT molecular complexity index is 938. The Morgan fingerprint density at radius 2 is 2.16 bits per heavy atom. The summed E-state index contributed by atoms with van der Waals surface area (Å²) in [5.41, 5.74) is 6.85. The molecule has 32 heavy (non-hydrogen) atoms. The Morgan fingerprint density at radius 1 is 1.38 bits per heavy atom. The van der Waals surface area contributed by atoms with Crippen molar-refractivity contribution in [1.82, 2.24) is 9.62 Å². The van der Waals surface area contributed by atoms with Gasteiger partial charge in [0, 0.05) is 39.0 Å². The lowest BCUT2D eigenvalue weighted by molar-refractivity contribution is -0.136. The van der Waals surface area contributed by atoms with E-state index in [0.717, 1.165) is 12.8 Å². The number of amides is 2. The number of sulfonamides is 1. The van der Waals surface area contributed by atoms with E-state index in [1.807, 2.05) is 6.92 Å². The lowest BCUT2D eigenvalue weighted by atomic mass is 10.1. The average molecular weight is 469 g/mol. The van der Waals surface area contributed by atoms with Gasteiger partial charge in [-0.05, 0) is 37.0 Å². The van der Waals surface area contributed by atoms with Gasteiger partial charge in [-0.1, -0.05) is 13.0 Å². The van der Waals surface area contributed by atoms with Crippen LogP contribution in [0.3, 0.4) is 0 Å². The van der Waals surface area contributed by atoms with E-state index in [1.165, 1.54) is 6.07 Å². The number of morpholine rings is 1. The molecule has 2 heterocycles. The minimum atomic E-state index is -4.07. The fraction of sp³-hybridized carbons (Fsp3) is 0.619. The highest BCUT2D eigenvalue weighted by atomic mass is 32.2. The molecule has 1 aromatic carbocycles. The lowest BCUT2D eigenvalue weighted by Gasteiger charge is -2.34. The fourth-order valence-corrected chi connectivity index (χ4v) is 5.72. The molecule has 0 radical (unpaired) electrons. The first-order valence-electron chi connectivity index (χ1n) is 10.9. The van der Waals surface area contributed by atoms with Crippen LogP contribution in [0.1, 0.15) is 25.3 Å². The Balaban J connectivity index is 1.85. The van der Waals surface area contributed by atoms with Crippen molar-refractivity contribution in [1.29, 1.82) is 0 Å². The number of piperidine rings is 1. The van der Waals surface area contributed by atoms with Gasteiger partial charge >= 0.3 is 0 Å². The van der Waals surface area contributed by atoms with Gasteiger partial charge in [-0.25, -0.2) is 8.42 Å². The van der Waals surface area contributed by atoms with Crippen LogP contribution in [0.2, 0.25) is 0 Å². The summed E-state index contributed by atoms with van der Waals surface area (Å²) in [4.78, 5) is 28.5. The highest BCUT2D eigenvalue weighted by molar-refractivity contribution is 7.89. The minimum absolute atomic E-state index is 0.0384. The van der Waals surface area contributed by atoms with Crippen molar-refractivity contribution in [2.24, 2.45) is 5.73 Å². The number of ether oxygens (including phenoxy) is 2. The van der Waals surface area contributed by atoms with Gasteiger partial charge in [-0.3, -0.25) is 9.59 Å². The lowest BCUT2D eigenvalue weighted by Crippen LogP contribution is -2.55. The first kappa shape index (κ1) is 24.6. The molecule has 178 valence electrons. The second-order valence-corrected chi connectivity index (χ2v) is 9.58. The molecular formula is C21H32N4O6S. The molecule has 11 heteroatoms. The van der Waals surface area contributed by atoms with Crippen molar-refractivity contribution >= 4 is 27.5 Å². The largest absolute Gasteiger partial charge is 0.380 e. The summed E-state index contributed by atoms with van der Waals surface area (Å²) in [5, 5.41) is 0. The molecule has 0 unspecified atom stereocenters. The van der Waals surface area contributed by atoms with Gasteiger partial charge in [0.25, 0.3) is 5.91 Å². The van der Waals surface area contributed by atoms with E-state index in [-0.39, 0.29) is 36.0 Å². The molecular weight excluding hydrogens is 436 g/mol. The monoisotopic (exact) mass is 468 g/mol. The van der Waals surface area contributed by atoms with E-state index >= 15 is 0 Å². The number of carbonyl (C=O) groups is 2. The average Bonchev–Trinajstić information content (AvgIpc) is 2.82. The number of likely N-dealkylation sites (tertiary alicyclic amines) is 1. The highest BCUT2D eigenvalue weighted by Gasteiger charge is 2.33. The summed E-state index contributed by atoms with van der Waals surface area (Å²) in [6.45, 7) is 3.28.